The SMILES string of the molecule is COc1ccc([C@H](CNS(=O)(=O)c2cnc3onc(C)c3c2)N2CCCC2)cc1. The summed E-state index contributed by atoms with van der Waals surface area (Å²) in [5, 5.41) is 4.43. The Morgan fingerprint density at radius 2 is 1.97 bits per heavy atom. The van der Waals surface area contributed by atoms with Crippen LogP contribution in [-0.2, 0) is 10.0 Å². The zero-order valence-corrected chi connectivity index (χ0v) is 17.3. The van der Waals surface area contributed by atoms with Crippen LogP contribution in [0.4, 0.5) is 0 Å². The Morgan fingerprint density at radius 1 is 1.24 bits per heavy atom. The Balaban J connectivity index is 1.57. The number of rotatable bonds is 7. The van der Waals surface area contributed by atoms with Crippen LogP contribution in [0.2, 0.25) is 0 Å². The molecule has 0 unspecified atom stereocenters. The molecule has 0 radical (unpaired) electrons. The second-order valence-electron chi connectivity index (χ2n) is 7.18. The standard InChI is InChI=1S/C20H24N4O4S/c1-14-18-11-17(12-21-20(18)28-23-14)29(25,26)22-13-19(24-9-3-4-10-24)15-5-7-16(27-2)8-6-15/h5-8,11-12,19,22H,3-4,9-10,13H2,1-2H3/t19-/m0/s1. The van der Waals surface area contributed by atoms with Crippen molar-refractivity contribution in [2.45, 2.75) is 30.7 Å². The van der Waals surface area contributed by atoms with Gasteiger partial charge in [-0.3, -0.25) is 4.90 Å². The number of aryl methyl sites for hydroxylation is 1. The fraction of sp³-hybridized carbons (Fsp3) is 0.400. The van der Waals surface area contributed by atoms with Gasteiger partial charge < -0.3 is 9.26 Å². The molecule has 3 aromatic rings. The molecule has 154 valence electrons. The fourth-order valence-electron chi connectivity index (χ4n) is 3.68. The molecule has 1 aliphatic rings. The van der Waals surface area contributed by atoms with E-state index in [1.54, 1.807) is 20.1 Å². The molecule has 1 fully saturated rings. The van der Waals surface area contributed by atoms with Crippen molar-refractivity contribution in [3.8, 4) is 5.75 Å². The highest BCUT2D eigenvalue weighted by Crippen LogP contribution is 2.27. The molecular weight excluding hydrogens is 392 g/mol. The monoisotopic (exact) mass is 416 g/mol. The van der Waals surface area contributed by atoms with E-state index < -0.39 is 10.0 Å². The van der Waals surface area contributed by atoms with Gasteiger partial charge in [-0.15, -0.1) is 0 Å². The van der Waals surface area contributed by atoms with Crippen molar-refractivity contribution >= 4 is 21.1 Å². The average Bonchev–Trinajstić information content (AvgIpc) is 3.39. The predicted octanol–water partition coefficient (Wildman–Crippen LogP) is 2.66. The lowest BCUT2D eigenvalue weighted by atomic mass is 10.1. The summed E-state index contributed by atoms with van der Waals surface area (Å²) in [5.41, 5.74) is 1.99. The van der Waals surface area contributed by atoms with E-state index in [4.69, 9.17) is 9.26 Å². The number of nitrogens with one attached hydrogen (secondary N) is 1. The number of hydrogen-bond donors (Lipinski definition) is 1. The molecule has 8 nitrogen and oxygen atoms in total. The van der Waals surface area contributed by atoms with Crippen molar-refractivity contribution in [1.82, 2.24) is 19.8 Å². The minimum absolute atomic E-state index is 0.0489. The number of sulfonamides is 1. The van der Waals surface area contributed by atoms with Crippen LogP contribution in [0.15, 0.2) is 45.9 Å². The van der Waals surface area contributed by atoms with Gasteiger partial charge in [0.2, 0.25) is 10.0 Å². The smallest absolute Gasteiger partial charge is 0.257 e. The Hall–Kier alpha value is -2.49. The topological polar surface area (TPSA) is 97.6 Å². The third-order valence-electron chi connectivity index (χ3n) is 5.34. The van der Waals surface area contributed by atoms with Crippen molar-refractivity contribution in [2.75, 3.05) is 26.7 Å². The Labute approximate surface area is 169 Å². The summed E-state index contributed by atoms with van der Waals surface area (Å²) in [6.07, 6.45) is 3.53. The van der Waals surface area contributed by atoms with Gasteiger partial charge in [0, 0.05) is 12.6 Å². The summed E-state index contributed by atoms with van der Waals surface area (Å²) in [6.45, 7) is 3.93. The third-order valence-corrected chi connectivity index (χ3v) is 6.73. The number of aromatic nitrogens is 2. The first-order valence-corrected chi connectivity index (χ1v) is 11.1. The second-order valence-corrected chi connectivity index (χ2v) is 8.94. The molecule has 0 spiro atoms. The van der Waals surface area contributed by atoms with Crippen molar-refractivity contribution in [3.05, 3.63) is 47.8 Å². The fourth-order valence-corrected chi connectivity index (χ4v) is 4.69. The number of nitrogens with zero attached hydrogens (tertiary/aromatic N) is 3. The van der Waals surface area contributed by atoms with Crippen LogP contribution in [0, 0.1) is 6.92 Å². The predicted molar refractivity (Wildman–Crippen MR) is 108 cm³/mol. The van der Waals surface area contributed by atoms with E-state index >= 15 is 0 Å². The molecule has 1 aliphatic heterocycles. The Kier molecular flexibility index (Phi) is 5.53. The van der Waals surface area contributed by atoms with Crippen LogP contribution in [0.25, 0.3) is 11.1 Å². The summed E-state index contributed by atoms with van der Waals surface area (Å²) in [7, 11) is -2.10. The molecule has 1 aromatic carbocycles. The average molecular weight is 417 g/mol. The van der Waals surface area contributed by atoms with Crippen molar-refractivity contribution in [2.24, 2.45) is 0 Å². The molecule has 1 saturated heterocycles. The van der Waals surface area contributed by atoms with Gasteiger partial charge >= 0.3 is 0 Å². The molecule has 0 amide bonds. The van der Waals surface area contributed by atoms with Crippen LogP contribution in [0.3, 0.4) is 0 Å². The molecule has 0 bridgehead atoms. The first-order valence-electron chi connectivity index (χ1n) is 9.57. The van der Waals surface area contributed by atoms with Gasteiger partial charge in [-0.2, -0.15) is 0 Å². The number of hydrogen-bond acceptors (Lipinski definition) is 7. The Morgan fingerprint density at radius 3 is 2.66 bits per heavy atom. The summed E-state index contributed by atoms with van der Waals surface area (Å²) in [4.78, 5) is 6.50. The van der Waals surface area contributed by atoms with E-state index in [2.05, 4.69) is 19.8 Å². The van der Waals surface area contributed by atoms with Crippen molar-refractivity contribution < 1.29 is 17.7 Å². The molecule has 9 heteroatoms. The van der Waals surface area contributed by atoms with Crippen molar-refractivity contribution in [3.63, 3.8) is 0 Å². The van der Waals surface area contributed by atoms with Crippen LogP contribution < -0.4 is 9.46 Å². The summed E-state index contributed by atoms with van der Waals surface area (Å²) in [5.74, 6) is 0.776. The summed E-state index contributed by atoms with van der Waals surface area (Å²) in [6, 6.07) is 9.29. The first kappa shape index (κ1) is 19.8. The van der Waals surface area contributed by atoms with E-state index in [1.165, 1.54) is 6.20 Å². The van der Waals surface area contributed by atoms with Gasteiger partial charge in [0.15, 0.2) is 0 Å². The number of pyridine rings is 1. The summed E-state index contributed by atoms with van der Waals surface area (Å²) >= 11 is 0. The van der Waals surface area contributed by atoms with E-state index in [0.717, 1.165) is 37.2 Å². The van der Waals surface area contributed by atoms with Crippen molar-refractivity contribution in [1.29, 1.82) is 0 Å². The van der Waals surface area contributed by atoms with Gasteiger partial charge in [0.25, 0.3) is 5.71 Å². The largest absolute Gasteiger partial charge is 0.497 e. The number of likely N-dealkylation sites (tertiary alicyclic amines) is 1. The molecule has 29 heavy (non-hydrogen) atoms. The zero-order valence-electron chi connectivity index (χ0n) is 16.5. The van der Waals surface area contributed by atoms with Gasteiger partial charge in [0.05, 0.1) is 24.4 Å². The minimum atomic E-state index is -3.73. The third kappa shape index (κ3) is 4.12. The maximum Gasteiger partial charge on any atom is 0.257 e. The normalized spacial score (nSPS) is 16.3. The number of fused-ring (bicyclic) bond motifs is 1. The van der Waals surface area contributed by atoms with Gasteiger partial charge in [-0.05, 0) is 56.6 Å². The van der Waals surface area contributed by atoms with E-state index in [1.807, 2.05) is 24.3 Å². The van der Waals surface area contributed by atoms with Gasteiger partial charge in [0.1, 0.15) is 10.6 Å². The molecule has 0 saturated carbocycles. The zero-order chi connectivity index (χ0) is 20.4. The number of ether oxygens (including phenoxy) is 1. The van der Waals surface area contributed by atoms with Crippen LogP contribution in [-0.4, -0.2) is 50.2 Å². The lowest BCUT2D eigenvalue weighted by Gasteiger charge is -2.28. The lowest BCUT2D eigenvalue weighted by Crippen LogP contribution is -2.36. The van der Waals surface area contributed by atoms with Crippen LogP contribution in [0.5, 0.6) is 5.75 Å². The second kappa shape index (κ2) is 8.10. The highest BCUT2D eigenvalue weighted by Gasteiger charge is 2.26. The van der Waals surface area contributed by atoms with Gasteiger partial charge in [-0.25, -0.2) is 18.1 Å². The minimum Gasteiger partial charge on any atom is -0.497 e. The molecule has 4 rings (SSSR count). The van der Waals surface area contributed by atoms with Crippen LogP contribution in [0.1, 0.15) is 30.1 Å². The summed E-state index contributed by atoms with van der Waals surface area (Å²) < 4.78 is 38.9. The quantitative estimate of drug-likeness (QED) is 0.632. The molecule has 0 aliphatic carbocycles. The van der Waals surface area contributed by atoms with E-state index in [9.17, 15) is 8.42 Å². The molecule has 3 heterocycles. The van der Waals surface area contributed by atoms with E-state index in [-0.39, 0.29) is 17.5 Å². The maximum absolute atomic E-state index is 12.9. The van der Waals surface area contributed by atoms with Gasteiger partial charge in [-0.1, -0.05) is 17.3 Å². The lowest BCUT2D eigenvalue weighted by molar-refractivity contribution is 0.246. The molecular formula is C20H24N4O4S. The number of benzene rings is 1. The highest BCUT2D eigenvalue weighted by atomic mass is 32.2. The molecule has 1 N–H and O–H groups in total. The first-order chi connectivity index (χ1) is 14.0. The number of methoxy groups -OCH3 is 1. The highest BCUT2D eigenvalue weighted by molar-refractivity contribution is 7.89. The maximum atomic E-state index is 12.9. The molecule has 1 atom stereocenters. The molecule has 2 aromatic heterocycles. The van der Waals surface area contributed by atoms with E-state index in [0.29, 0.717) is 16.8 Å². The Bertz CT molecular complexity index is 1090. The van der Waals surface area contributed by atoms with Crippen LogP contribution >= 0.6 is 0 Å².